The number of ketones is 1. The summed E-state index contributed by atoms with van der Waals surface area (Å²) in [6, 6.07) is 39.0. The maximum atomic E-state index is 12.9. The smallest absolute Gasteiger partial charge is 0.167 e. The van der Waals surface area contributed by atoms with Crippen LogP contribution in [-0.4, -0.2) is 35.9 Å². The van der Waals surface area contributed by atoms with Gasteiger partial charge >= 0.3 is 0 Å². The molecular weight excluding hydrogens is 464 g/mol. The molecule has 1 saturated carbocycles. The lowest BCUT2D eigenvalue weighted by Crippen LogP contribution is -2.43. The van der Waals surface area contributed by atoms with Crippen molar-refractivity contribution in [1.82, 2.24) is 10.2 Å². The van der Waals surface area contributed by atoms with Gasteiger partial charge in [0, 0.05) is 36.5 Å². The summed E-state index contributed by atoms with van der Waals surface area (Å²) in [7, 11) is 0. The molecule has 1 saturated heterocycles. The van der Waals surface area contributed by atoms with Crippen LogP contribution in [0.3, 0.4) is 0 Å². The molecule has 2 fully saturated rings. The van der Waals surface area contributed by atoms with E-state index in [2.05, 4.69) is 76.9 Å². The van der Waals surface area contributed by atoms with Crippen LogP contribution in [0.2, 0.25) is 0 Å². The van der Waals surface area contributed by atoms with E-state index in [0.29, 0.717) is 24.4 Å². The van der Waals surface area contributed by atoms with Crippen molar-refractivity contribution in [2.75, 3.05) is 13.1 Å². The Morgan fingerprint density at radius 2 is 1.34 bits per heavy atom. The van der Waals surface area contributed by atoms with Gasteiger partial charge in [0.15, 0.2) is 5.78 Å². The molecular formula is C35H36N2O. The van der Waals surface area contributed by atoms with Crippen molar-refractivity contribution in [1.29, 1.82) is 0 Å². The molecule has 192 valence electrons. The first kappa shape index (κ1) is 24.8. The van der Waals surface area contributed by atoms with Crippen LogP contribution in [0.1, 0.15) is 52.2 Å². The fraction of sp³-hybridized carbons (Fsp3) is 0.286. The highest BCUT2D eigenvalue weighted by atomic mass is 16.1. The van der Waals surface area contributed by atoms with E-state index in [-0.39, 0.29) is 5.78 Å². The van der Waals surface area contributed by atoms with Gasteiger partial charge in [-0.15, -0.1) is 0 Å². The predicted octanol–water partition coefficient (Wildman–Crippen LogP) is 6.89. The van der Waals surface area contributed by atoms with Gasteiger partial charge in [-0.05, 0) is 60.2 Å². The van der Waals surface area contributed by atoms with Gasteiger partial charge in [-0.25, -0.2) is 0 Å². The average Bonchev–Trinajstić information content (AvgIpc) is 3.74. The third kappa shape index (κ3) is 6.12. The summed E-state index contributed by atoms with van der Waals surface area (Å²) in [5.41, 5.74) is 6.97. The highest BCUT2D eigenvalue weighted by Gasteiger charge is 2.39. The van der Waals surface area contributed by atoms with Gasteiger partial charge in [-0.2, -0.15) is 0 Å². The highest BCUT2D eigenvalue weighted by molar-refractivity contribution is 5.97. The molecule has 2 unspecified atom stereocenters. The fourth-order valence-electron chi connectivity index (χ4n) is 5.80. The van der Waals surface area contributed by atoms with E-state index in [1.165, 1.54) is 49.0 Å². The second kappa shape index (κ2) is 11.5. The van der Waals surface area contributed by atoms with Crippen molar-refractivity contribution >= 4 is 5.78 Å². The summed E-state index contributed by atoms with van der Waals surface area (Å²) in [6.07, 6.45) is 4.11. The van der Waals surface area contributed by atoms with E-state index in [1.54, 1.807) is 0 Å². The molecule has 0 spiro atoms. The molecule has 1 aliphatic carbocycles. The van der Waals surface area contributed by atoms with Crippen LogP contribution < -0.4 is 5.32 Å². The van der Waals surface area contributed by atoms with Gasteiger partial charge in [0.05, 0.1) is 0 Å². The number of nitrogens with one attached hydrogen (secondary N) is 1. The van der Waals surface area contributed by atoms with Crippen LogP contribution in [-0.2, 0) is 13.0 Å². The summed E-state index contributed by atoms with van der Waals surface area (Å²) >= 11 is 0. The minimum absolute atomic E-state index is 0.168. The average molecular weight is 501 g/mol. The van der Waals surface area contributed by atoms with Crippen molar-refractivity contribution in [3.8, 4) is 11.1 Å². The molecule has 1 heterocycles. The van der Waals surface area contributed by atoms with Crippen LogP contribution in [0.25, 0.3) is 11.1 Å². The molecule has 3 heteroatoms. The number of carbonyl (C=O) groups is 1. The van der Waals surface area contributed by atoms with Crippen molar-refractivity contribution in [3.05, 3.63) is 131 Å². The zero-order valence-corrected chi connectivity index (χ0v) is 21.9. The molecule has 3 nitrogen and oxygen atoms in total. The number of nitrogens with zero attached hydrogens (tertiary/aromatic N) is 1. The van der Waals surface area contributed by atoms with Crippen LogP contribution in [0.15, 0.2) is 109 Å². The van der Waals surface area contributed by atoms with E-state index < -0.39 is 0 Å². The zero-order valence-electron chi connectivity index (χ0n) is 21.9. The summed E-state index contributed by atoms with van der Waals surface area (Å²) in [5.74, 6) is 0.773. The van der Waals surface area contributed by atoms with Crippen LogP contribution in [0, 0.1) is 0 Å². The Balaban J connectivity index is 0.961. The largest absolute Gasteiger partial charge is 0.311 e. The molecule has 38 heavy (non-hydrogen) atoms. The Morgan fingerprint density at radius 1 is 0.711 bits per heavy atom. The summed E-state index contributed by atoms with van der Waals surface area (Å²) in [6.45, 7) is 3.40. The van der Waals surface area contributed by atoms with Gasteiger partial charge in [-0.3, -0.25) is 9.69 Å². The molecule has 4 aromatic rings. The Morgan fingerprint density at radius 3 is 2.03 bits per heavy atom. The molecule has 2 aliphatic rings. The number of carbonyl (C=O) groups excluding carboxylic acids is 1. The lowest BCUT2D eigenvalue weighted by atomic mass is 9.98. The van der Waals surface area contributed by atoms with Crippen LogP contribution >= 0.6 is 0 Å². The topological polar surface area (TPSA) is 32.3 Å². The molecule has 2 atom stereocenters. The SMILES string of the molecule is O=C(Cc1ccc(C2CC2NC2CCN(Cc3ccccc3)CC2)cc1)c1ccc(-c2ccccc2)cc1. The number of hydrogen-bond donors (Lipinski definition) is 1. The number of hydrogen-bond acceptors (Lipinski definition) is 3. The third-order valence-electron chi connectivity index (χ3n) is 8.16. The van der Waals surface area contributed by atoms with Gasteiger partial charge < -0.3 is 5.32 Å². The van der Waals surface area contributed by atoms with Crippen molar-refractivity contribution in [3.63, 3.8) is 0 Å². The van der Waals surface area contributed by atoms with Gasteiger partial charge in [0.2, 0.25) is 0 Å². The minimum atomic E-state index is 0.168. The lowest BCUT2D eigenvalue weighted by Gasteiger charge is -2.32. The fourth-order valence-corrected chi connectivity index (χ4v) is 5.80. The van der Waals surface area contributed by atoms with Gasteiger partial charge in [0.1, 0.15) is 0 Å². The van der Waals surface area contributed by atoms with Gasteiger partial charge in [0.25, 0.3) is 0 Å². The first-order valence-corrected chi connectivity index (χ1v) is 14.0. The number of likely N-dealkylation sites (tertiary alicyclic amines) is 1. The molecule has 6 rings (SSSR count). The zero-order chi connectivity index (χ0) is 25.7. The van der Waals surface area contributed by atoms with Crippen LogP contribution in [0.5, 0.6) is 0 Å². The second-order valence-corrected chi connectivity index (χ2v) is 10.9. The van der Waals surface area contributed by atoms with E-state index in [0.717, 1.165) is 23.2 Å². The maximum absolute atomic E-state index is 12.9. The molecule has 1 aliphatic heterocycles. The third-order valence-corrected chi connectivity index (χ3v) is 8.16. The van der Waals surface area contributed by atoms with Gasteiger partial charge in [-0.1, -0.05) is 109 Å². The molecule has 0 aromatic heterocycles. The molecule has 0 radical (unpaired) electrons. The first-order valence-electron chi connectivity index (χ1n) is 14.0. The second-order valence-electron chi connectivity index (χ2n) is 10.9. The maximum Gasteiger partial charge on any atom is 0.167 e. The molecule has 4 aromatic carbocycles. The number of piperidine rings is 1. The Bertz CT molecular complexity index is 1320. The first-order chi connectivity index (χ1) is 18.7. The number of rotatable bonds is 9. The Hall–Kier alpha value is -3.53. The van der Waals surface area contributed by atoms with E-state index in [9.17, 15) is 4.79 Å². The van der Waals surface area contributed by atoms with E-state index in [4.69, 9.17) is 0 Å². The summed E-state index contributed by atoms with van der Waals surface area (Å²) < 4.78 is 0. The Labute approximate surface area is 226 Å². The molecule has 0 amide bonds. The monoisotopic (exact) mass is 500 g/mol. The van der Waals surface area contributed by atoms with Crippen LogP contribution in [0.4, 0.5) is 0 Å². The molecule has 0 bridgehead atoms. The summed E-state index contributed by atoms with van der Waals surface area (Å²) in [4.78, 5) is 15.5. The quantitative estimate of drug-likeness (QED) is 0.254. The molecule has 1 N–H and O–H groups in total. The normalized spacial score (nSPS) is 19.8. The van der Waals surface area contributed by atoms with Crippen molar-refractivity contribution in [2.24, 2.45) is 0 Å². The summed E-state index contributed by atoms with van der Waals surface area (Å²) in [5, 5.41) is 3.93. The van der Waals surface area contributed by atoms with Crippen molar-refractivity contribution < 1.29 is 4.79 Å². The Kier molecular flexibility index (Phi) is 7.48. The highest BCUT2D eigenvalue weighted by Crippen LogP contribution is 2.41. The predicted molar refractivity (Wildman–Crippen MR) is 155 cm³/mol. The number of Topliss-reactive ketones (excluding diaryl/α,β-unsaturated/α-hetero) is 1. The standard InChI is InChI=1S/C35H36N2O/c38-35(31-17-15-29(16-18-31)28-9-5-2-6-10-28)23-26-11-13-30(14-12-26)33-24-34(33)36-32-19-21-37(22-20-32)25-27-7-3-1-4-8-27/h1-18,32-34,36H,19-25H2. The van der Waals surface area contributed by atoms with E-state index in [1.807, 2.05) is 42.5 Å². The minimum Gasteiger partial charge on any atom is -0.311 e. The number of benzene rings is 4. The van der Waals surface area contributed by atoms with E-state index >= 15 is 0 Å². The lowest BCUT2D eigenvalue weighted by molar-refractivity contribution is 0.0993. The van der Waals surface area contributed by atoms with Crippen molar-refractivity contribution in [2.45, 2.75) is 50.2 Å².